The SMILES string of the molecule is S=C(S)N(c1ccccc1)N(C(=S)S)c1ccccc1.[Na+]. The Morgan fingerprint density at radius 3 is 1.19 bits per heavy atom. The van der Waals surface area contributed by atoms with Gasteiger partial charge in [-0.05, 0) is 24.3 Å². The summed E-state index contributed by atoms with van der Waals surface area (Å²) in [5, 5.41) is 3.48. The summed E-state index contributed by atoms with van der Waals surface area (Å²) >= 11 is 19.1. The number of hydrogen-bond donors (Lipinski definition) is 2. The van der Waals surface area contributed by atoms with Gasteiger partial charge < -0.3 is 0 Å². The van der Waals surface area contributed by atoms with E-state index in [1.807, 2.05) is 60.7 Å². The largest absolute Gasteiger partial charge is 1.00 e. The molecule has 2 aromatic carbocycles. The molecule has 0 aromatic heterocycles. The van der Waals surface area contributed by atoms with Gasteiger partial charge in [-0.15, -0.1) is 25.3 Å². The minimum absolute atomic E-state index is 0. The molecule has 0 heterocycles. The Labute approximate surface area is 168 Å². The first-order valence-corrected chi connectivity index (χ1v) is 7.48. The summed E-state index contributed by atoms with van der Waals surface area (Å²) in [5.41, 5.74) is 1.74. The van der Waals surface area contributed by atoms with Gasteiger partial charge in [0.25, 0.3) is 0 Å². The normalized spacial score (nSPS) is 9.43. The first-order chi connectivity index (χ1) is 9.61. The zero-order chi connectivity index (χ0) is 14.5. The van der Waals surface area contributed by atoms with Crippen molar-refractivity contribution in [3.8, 4) is 0 Å². The van der Waals surface area contributed by atoms with Crippen molar-refractivity contribution in [3.63, 3.8) is 0 Å². The summed E-state index contributed by atoms with van der Waals surface area (Å²) in [6, 6.07) is 19.3. The van der Waals surface area contributed by atoms with E-state index in [2.05, 4.69) is 25.3 Å². The molecule has 0 saturated heterocycles. The van der Waals surface area contributed by atoms with Crippen LogP contribution in [0.5, 0.6) is 0 Å². The smallest absolute Gasteiger partial charge is 0.231 e. The van der Waals surface area contributed by atoms with Crippen LogP contribution in [-0.2, 0) is 0 Å². The average Bonchev–Trinajstić information content (AvgIpc) is 2.45. The first-order valence-electron chi connectivity index (χ1n) is 5.77. The second kappa shape index (κ2) is 9.15. The Morgan fingerprint density at radius 1 is 0.667 bits per heavy atom. The molecule has 0 N–H and O–H groups in total. The van der Waals surface area contributed by atoms with Crippen LogP contribution < -0.4 is 39.6 Å². The van der Waals surface area contributed by atoms with Gasteiger partial charge in [0.2, 0.25) is 0 Å². The molecule has 0 amide bonds. The van der Waals surface area contributed by atoms with Gasteiger partial charge in [-0.3, -0.25) is 0 Å². The van der Waals surface area contributed by atoms with Crippen molar-refractivity contribution in [3.05, 3.63) is 60.7 Å². The van der Waals surface area contributed by atoms with Crippen LogP contribution in [0.15, 0.2) is 60.7 Å². The van der Waals surface area contributed by atoms with Crippen molar-refractivity contribution in [2.24, 2.45) is 0 Å². The van der Waals surface area contributed by atoms with Crippen LogP contribution in [0.1, 0.15) is 0 Å². The Hall–Kier alpha value is -0.0800. The molecular formula is C14H12N2NaS4+. The predicted molar refractivity (Wildman–Crippen MR) is 101 cm³/mol. The fourth-order valence-corrected chi connectivity index (χ4v) is 2.55. The monoisotopic (exact) mass is 359 g/mol. The first kappa shape index (κ1) is 19.0. The molecule has 0 atom stereocenters. The third-order valence-electron chi connectivity index (χ3n) is 2.56. The summed E-state index contributed by atoms with van der Waals surface area (Å²) in [5.74, 6) is 0. The minimum atomic E-state index is 0. The number of hydrogen-bond acceptors (Lipinski definition) is 2. The molecule has 2 nitrogen and oxygen atoms in total. The van der Waals surface area contributed by atoms with Gasteiger partial charge >= 0.3 is 29.6 Å². The van der Waals surface area contributed by atoms with Crippen LogP contribution in [0, 0.1) is 0 Å². The maximum atomic E-state index is 5.25. The van der Waals surface area contributed by atoms with Gasteiger partial charge in [0.1, 0.15) is 0 Å². The number of anilines is 2. The van der Waals surface area contributed by atoms with E-state index in [1.165, 1.54) is 0 Å². The number of thiocarbonyl (C=S) groups is 2. The van der Waals surface area contributed by atoms with E-state index >= 15 is 0 Å². The molecule has 2 rings (SSSR count). The summed E-state index contributed by atoms with van der Waals surface area (Å²) < 4.78 is 0.771. The molecule has 0 bridgehead atoms. The third kappa shape index (κ3) is 4.96. The Kier molecular flexibility index (Phi) is 8.26. The summed E-state index contributed by atoms with van der Waals surface area (Å²) in [4.78, 5) is 0. The number of thiol groups is 2. The van der Waals surface area contributed by atoms with Crippen LogP contribution in [0.4, 0.5) is 11.4 Å². The second-order valence-corrected chi connectivity index (χ2v) is 6.09. The Balaban J connectivity index is 0.00000220. The molecule has 0 saturated carbocycles. The molecule has 0 aliphatic rings. The molecule has 0 unspecified atom stereocenters. The number of para-hydroxylation sites is 2. The van der Waals surface area contributed by atoms with Crippen LogP contribution in [0.2, 0.25) is 0 Å². The van der Waals surface area contributed by atoms with E-state index in [0.29, 0.717) is 8.64 Å². The Bertz CT molecular complexity index is 551. The number of nitrogens with zero attached hydrogens (tertiary/aromatic N) is 2. The molecule has 0 aliphatic heterocycles. The van der Waals surface area contributed by atoms with E-state index in [1.54, 1.807) is 10.0 Å². The maximum absolute atomic E-state index is 5.25. The Morgan fingerprint density at radius 2 is 0.952 bits per heavy atom. The summed E-state index contributed by atoms with van der Waals surface area (Å²) in [7, 11) is 0. The van der Waals surface area contributed by atoms with E-state index in [9.17, 15) is 0 Å². The van der Waals surface area contributed by atoms with Gasteiger partial charge in [0.15, 0.2) is 8.64 Å². The molecule has 0 fully saturated rings. The fraction of sp³-hybridized carbons (Fsp3) is 0. The zero-order valence-electron chi connectivity index (χ0n) is 11.4. The third-order valence-corrected chi connectivity index (χ3v) is 3.29. The molecule has 21 heavy (non-hydrogen) atoms. The fourth-order valence-electron chi connectivity index (χ4n) is 1.76. The van der Waals surface area contributed by atoms with Crippen LogP contribution in [0.25, 0.3) is 0 Å². The van der Waals surface area contributed by atoms with E-state index in [4.69, 9.17) is 24.4 Å². The summed E-state index contributed by atoms with van der Waals surface area (Å²) in [6.07, 6.45) is 0. The van der Waals surface area contributed by atoms with Crippen molar-refractivity contribution in [1.82, 2.24) is 0 Å². The van der Waals surface area contributed by atoms with Crippen LogP contribution >= 0.6 is 49.7 Å². The van der Waals surface area contributed by atoms with Crippen molar-refractivity contribution >= 4 is 69.7 Å². The quantitative estimate of drug-likeness (QED) is 0.361. The topological polar surface area (TPSA) is 6.48 Å². The predicted octanol–water partition coefficient (Wildman–Crippen LogP) is 1.35. The zero-order valence-corrected chi connectivity index (χ0v) is 16.8. The van der Waals surface area contributed by atoms with Crippen LogP contribution in [0.3, 0.4) is 0 Å². The molecule has 0 aliphatic carbocycles. The minimum Gasteiger partial charge on any atom is -0.231 e. The standard InChI is InChI=1S/C14H12N2S4.Na/c17-13(18)15(11-7-3-1-4-8-11)16(14(19)20)12-9-5-2-6-10-12;/h1-10H,(H,17,18)(H,19,20);/q;+1. The van der Waals surface area contributed by atoms with Gasteiger partial charge in [-0.25, -0.2) is 10.0 Å². The average molecular weight is 360 g/mol. The van der Waals surface area contributed by atoms with Gasteiger partial charge in [0, 0.05) is 0 Å². The molecule has 0 spiro atoms. The van der Waals surface area contributed by atoms with Crippen molar-refractivity contribution in [2.75, 3.05) is 10.0 Å². The van der Waals surface area contributed by atoms with Gasteiger partial charge in [0.05, 0.1) is 11.4 Å². The molecule has 102 valence electrons. The van der Waals surface area contributed by atoms with Gasteiger partial charge in [-0.2, -0.15) is 0 Å². The van der Waals surface area contributed by atoms with Crippen molar-refractivity contribution in [2.45, 2.75) is 0 Å². The number of hydrazine groups is 1. The van der Waals surface area contributed by atoms with Crippen molar-refractivity contribution in [1.29, 1.82) is 0 Å². The van der Waals surface area contributed by atoms with E-state index in [-0.39, 0.29) is 29.6 Å². The molecule has 7 heteroatoms. The van der Waals surface area contributed by atoms with Gasteiger partial charge in [-0.1, -0.05) is 60.8 Å². The van der Waals surface area contributed by atoms with E-state index < -0.39 is 0 Å². The molecule has 2 aromatic rings. The summed E-state index contributed by atoms with van der Waals surface area (Å²) in [6.45, 7) is 0. The second-order valence-electron chi connectivity index (χ2n) is 3.86. The molecular weight excluding hydrogens is 347 g/mol. The molecule has 0 radical (unpaired) electrons. The van der Waals surface area contributed by atoms with Crippen LogP contribution in [-0.4, -0.2) is 8.64 Å². The van der Waals surface area contributed by atoms with E-state index in [0.717, 1.165) is 11.4 Å². The number of rotatable bonds is 2. The van der Waals surface area contributed by atoms with Crippen molar-refractivity contribution < 1.29 is 29.6 Å². The number of benzene rings is 2. The maximum Gasteiger partial charge on any atom is 1.00 e.